The van der Waals surface area contributed by atoms with Crippen LogP contribution in [0.25, 0.3) is 0 Å². The molecule has 0 radical (unpaired) electrons. The van der Waals surface area contributed by atoms with E-state index in [-0.39, 0.29) is 17.6 Å². The summed E-state index contributed by atoms with van der Waals surface area (Å²) >= 11 is 0. The minimum absolute atomic E-state index is 0.0703. The molecule has 1 atom stereocenters. The Labute approximate surface area is 119 Å². The molecule has 7 heteroatoms. The fraction of sp³-hybridized carbons (Fsp3) is 0.538. The first-order chi connectivity index (χ1) is 9.46. The SMILES string of the molecule is CN(C)S(=O)(=O)c1ccccc1N1CCOC(CO)C1. The molecule has 0 amide bonds. The number of sulfonamides is 1. The average Bonchev–Trinajstić information content (AvgIpc) is 2.47. The molecule has 1 N–H and O–H groups in total. The predicted octanol–water partition coefficient (Wildman–Crippen LogP) is 0.134. The molecule has 0 saturated carbocycles. The first-order valence-corrected chi connectivity index (χ1v) is 7.90. The van der Waals surface area contributed by atoms with Crippen LogP contribution in [0.15, 0.2) is 29.2 Å². The first kappa shape index (κ1) is 15.2. The van der Waals surface area contributed by atoms with E-state index in [2.05, 4.69) is 0 Å². The number of aliphatic hydroxyl groups is 1. The number of anilines is 1. The zero-order valence-electron chi connectivity index (χ0n) is 11.7. The molecule has 1 aliphatic rings. The maximum Gasteiger partial charge on any atom is 0.244 e. The molecule has 0 aliphatic carbocycles. The lowest BCUT2D eigenvalue weighted by molar-refractivity contribution is 0.00343. The first-order valence-electron chi connectivity index (χ1n) is 6.45. The maximum atomic E-state index is 12.4. The Kier molecular flexibility index (Phi) is 4.64. The van der Waals surface area contributed by atoms with E-state index in [4.69, 9.17) is 4.74 Å². The molecule has 20 heavy (non-hydrogen) atoms. The van der Waals surface area contributed by atoms with Gasteiger partial charge in [0.2, 0.25) is 10.0 Å². The van der Waals surface area contributed by atoms with Crippen LogP contribution in [-0.4, -0.2) is 64.3 Å². The molecule has 112 valence electrons. The molecule has 0 aromatic heterocycles. The zero-order valence-corrected chi connectivity index (χ0v) is 12.5. The Morgan fingerprint density at radius 1 is 1.40 bits per heavy atom. The number of rotatable bonds is 4. The summed E-state index contributed by atoms with van der Waals surface area (Å²) in [4.78, 5) is 2.23. The van der Waals surface area contributed by atoms with Crippen LogP contribution >= 0.6 is 0 Å². The Balaban J connectivity index is 2.38. The molecule has 1 aromatic rings. The van der Waals surface area contributed by atoms with Gasteiger partial charge in [0.05, 0.1) is 25.0 Å². The minimum atomic E-state index is -3.49. The lowest BCUT2D eigenvalue weighted by Crippen LogP contribution is -2.44. The van der Waals surface area contributed by atoms with Gasteiger partial charge in [-0.2, -0.15) is 0 Å². The number of ether oxygens (including phenoxy) is 1. The number of morpholine rings is 1. The lowest BCUT2D eigenvalue weighted by atomic mass is 10.2. The predicted molar refractivity (Wildman–Crippen MR) is 76.4 cm³/mol. The number of benzene rings is 1. The molecular formula is C13H20N2O4S. The molecule has 0 spiro atoms. The van der Waals surface area contributed by atoms with Crippen molar-refractivity contribution >= 4 is 15.7 Å². The monoisotopic (exact) mass is 300 g/mol. The van der Waals surface area contributed by atoms with E-state index in [1.807, 2.05) is 11.0 Å². The second-order valence-corrected chi connectivity index (χ2v) is 7.00. The van der Waals surface area contributed by atoms with Gasteiger partial charge >= 0.3 is 0 Å². The van der Waals surface area contributed by atoms with Gasteiger partial charge in [-0.05, 0) is 12.1 Å². The van der Waals surface area contributed by atoms with Gasteiger partial charge in [-0.25, -0.2) is 12.7 Å². The fourth-order valence-corrected chi connectivity index (χ4v) is 3.29. The Morgan fingerprint density at radius 2 is 2.10 bits per heavy atom. The summed E-state index contributed by atoms with van der Waals surface area (Å²) in [7, 11) is -0.461. The molecule has 1 aliphatic heterocycles. The van der Waals surface area contributed by atoms with Crippen LogP contribution < -0.4 is 4.90 Å². The van der Waals surface area contributed by atoms with Crippen LogP contribution in [0.1, 0.15) is 0 Å². The van der Waals surface area contributed by atoms with Gasteiger partial charge in [0.15, 0.2) is 0 Å². The average molecular weight is 300 g/mol. The highest BCUT2D eigenvalue weighted by atomic mass is 32.2. The minimum Gasteiger partial charge on any atom is -0.394 e. The van der Waals surface area contributed by atoms with Gasteiger partial charge in [-0.15, -0.1) is 0 Å². The van der Waals surface area contributed by atoms with E-state index in [1.165, 1.54) is 18.4 Å². The van der Waals surface area contributed by atoms with Gasteiger partial charge in [0.1, 0.15) is 4.90 Å². The molecule has 6 nitrogen and oxygen atoms in total. The van der Waals surface area contributed by atoms with Gasteiger partial charge in [0.25, 0.3) is 0 Å². The molecule has 1 heterocycles. The second kappa shape index (κ2) is 6.09. The molecule has 0 bridgehead atoms. The quantitative estimate of drug-likeness (QED) is 0.856. The second-order valence-electron chi connectivity index (χ2n) is 4.88. The molecule has 1 unspecified atom stereocenters. The van der Waals surface area contributed by atoms with Gasteiger partial charge in [-0.3, -0.25) is 0 Å². The third kappa shape index (κ3) is 2.95. The van der Waals surface area contributed by atoms with Crippen molar-refractivity contribution in [3.05, 3.63) is 24.3 Å². The topological polar surface area (TPSA) is 70.1 Å². The summed E-state index contributed by atoms with van der Waals surface area (Å²) in [5.41, 5.74) is 0.656. The fourth-order valence-electron chi connectivity index (χ4n) is 2.18. The molecule has 1 fully saturated rings. The summed E-state index contributed by atoms with van der Waals surface area (Å²) in [6.45, 7) is 1.49. The van der Waals surface area contributed by atoms with Gasteiger partial charge in [0, 0.05) is 27.2 Å². The van der Waals surface area contributed by atoms with Crippen molar-refractivity contribution in [2.45, 2.75) is 11.0 Å². The van der Waals surface area contributed by atoms with Crippen LogP contribution in [0.4, 0.5) is 5.69 Å². The highest BCUT2D eigenvalue weighted by Gasteiger charge is 2.27. The Morgan fingerprint density at radius 3 is 2.75 bits per heavy atom. The smallest absolute Gasteiger partial charge is 0.244 e. The summed E-state index contributed by atoms with van der Waals surface area (Å²) in [5.74, 6) is 0. The van der Waals surface area contributed by atoms with Gasteiger partial charge < -0.3 is 14.7 Å². The number of hydrogen-bond acceptors (Lipinski definition) is 5. The number of nitrogens with zero attached hydrogens (tertiary/aromatic N) is 2. The lowest BCUT2D eigenvalue weighted by Gasteiger charge is -2.34. The van der Waals surface area contributed by atoms with E-state index < -0.39 is 10.0 Å². The van der Waals surface area contributed by atoms with Crippen LogP contribution in [0, 0.1) is 0 Å². The van der Waals surface area contributed by atoms with Crippen molar-refractivity contribution < 1.29 is 18.3 Å². The van der Waals surface area contributed by atoms with Crippen molar-refractivity contribution in [1.82, 2.24) is 4.31 Å². The maximum absolute atomic E-state index is 12.4. The van der Waals surface area contributed by atoms with Crippen molar-refractivity contribution in [3.63, 3.8) is 0 Å². The van der Waals surface area contributed by atoms with E-state index in [0.717, 1.165) is 0 Å². The van der Waals surface area contributed by atoms with Crippen LogP contribution in [0.5, 0.6) is 0 Å². The zero-order chi connectivity index (χ0) is 14.8. The van der Waals surface area contributed by atoms with Crippen LogP contribution in [0.3, 0.4) is 0 Å². The highest BCUT2D eigenvalue weighted by Crippen LogP contribution is 2.28. The van der Waals surface area contributed by atoms with Crippen LogP contribution in [0.2, 0.25) is 0 Å². The molecule has 1 saturated heterocycles. The highest BCUT2D eigenvalue weighted by molar-refractivity contribution is 7.89. The van der Waals surface area contributed by atoms with Crippen molar-refractivity contribution in [3.8, 4) is 0 Å². The Hall–Kier alpha value is -1.15. The van der Waals surface area contributed by atoms with E-state index in [1.54, 1.807) is 18.2 Å². The molecule has 2 rings (SSSR count). The normalized spacial score (nSPS) is 20.4. The third-order valence-corrected chi connectivity index (χ3v) is 5.17. The molecule has 1 aromatic carbocycles. The number of aliphatic hydroxyl groups excluding tert-OH is 1. The number of para-hydroxylation sites is 1. The Bertz CT molecular complexity index is 559. The summed E-state index contributed by atoms with van der Waals surface area (Å²) in [5, 5.41) is 9.19. The number of hydrogen-bond donors (Lipinski definition) is 1. The van der Waals surface area contributed by atoms with Crippen molar-refractivity contribution in [1.29, 1.82) is 0 Å². The largest absolute Gasteiger partial charge is 0.394 e. The standard InChI is InChI=1S/C13H20N2O4S/c1-14(2)20(17,18)13-6-4-3-5-12(13)15-7-8-19-11(9-15)10-16/h3-6,11,16H,7-10H2,1-2H3. The van der Waals surface area contributed by atoms with E-state index in [9.17, 15) is 13.5 Å². The summed E-state index contributed by atoms with van der Waals surface area (Å²) in [6, 6.07) is 6.92. The summed E-state index contributed by atoms with van der Waals surface area (Å²) < 4.78 is 31.3. The third-order valence-electron chi connectivity index (χ3n) is 3.31. The van der Waals surface area contributed by atoms with E-state index >= 15 is 0 Å². The van der Waals surface area contributed by atoms with Crippen molar-refractivity contribution in [2.24, 2.45) is 0 Å². The van der Waals surface area contributed by atoms with E-state index in [0.29, 0.717) is 25.4 Å². The van der Waals surface area contributed by atoms with Crippen LogP contribution in [-0.2, 0) is 14.8 Å². The molecular weight excluding hydrogens is 280 g/mol. The van der Waals surface area contributed by atoms with Gasteiger partial charge in [-0.1, -0.05) is 12.1 Å². The van der Waals surface area contributed by atoms with Crippen molar-refractivity contribution in [2.75, 3.05) is 45.3 Å². The summed E-state index contributed by atoms with van der Waals surface area (Å²) in [6.07, 6.45) is -0.279.